The molecule has 2 unspecified atom stereocenters. The van der Waals surface area contributed by atoms with Crippen LogP contribution in [-0.2, 0) is 11.0 Å². The molecule has 0 spiro atoms. The van der Waals surface area contributed by atoms with Gasteiger partial charge in [-0.3, -0.25) is 4.79 Å². The third kappa shape index (κ3) is 5.62. The zero-order valence-electron chi connectivity index (χ0n) is 16.5. The number of urea groups is 1. The maximum atomic E-state index is 13.1. The Morgan fingerprint density at radius 1 is 1.21 bits per heavy atom. The highest BCUT2D eigenvalue weighted by molar-refractivity contribution is 5.83. The minimum Gasteiger partial charge on any atom is -0.356 e. The largest absolute Gasteiger partial charge is 0.416 e. The number of alkyl halides is 3. The number of hydrogen-bond acceptors (Lipinski definition) is 2. The van der Waals surface area contributed by atoms with Gasteiger partial charge in [0, 0.05) is 32.1 Å². The van der Waals surface area contributed by atoms with Gasteiger partial charge in [-0.15, -0.1) is 0 Å². The summed E-state index contributed by atoms with van der Waals surface area (Å²) in [5.41, 5.74) is -0.328. The molecule has 0 aliphatic carbocycles. The van der Waals surface area contributed by atoms with E-state index in [1.165, 1.54) is 11.0 Å². The van der Waals surface area contributed by atoms with Crippen LogP contribution in [0.5, 0.6) is 0 Å². The van der Waals surface area contributed by atoms with E-state index < -0.39 is 23.6 Å². The van der Waals surface area contributed by atoms with Gasteiger partial charge in [-0.05, 0) is 30.9 Å². The van der Waals surface area contributed by atoms with E-state index in [4.69, 9.17) is 0 Å². The minimum atomic E-state index is -4.46. The van der Waals surface area contributed by atoms with Gasteiger partial charge >= 0.3 is 12.2 Å². The summed E-state index contributed by atoms with van der Waals surface area (Å²) in [6.45, 7) is 7.20. The second-order valence-electron chi connectivity index (χ2n) is 7.55. The smallest absolute Gasteiger partial charge is 0.356 e. The molecule has 8 heteroatoms. The van der Waals surface area contributed by atoms with Crippen molar-refractivity contribution in [2.45, 2.75) is 39.3 Å². The molecule has 1 fully saturated rings. The summed E-state index contributed by atoms with van der Waals surface area (Å²) in [6.07, 6.45) is -3.64. The maximum absolute atomic E-state index is 13.1. The molecular weight excluding hydrogens is 371 g/mol. The van der Waals surface area contributed by atoms with Crippen molar-refractivity contribution in [3.05, 3.63) is 35.4 Å². The number of rotatable bonds is 6. The van der Waals surface area contributed by atoms with Crippen LogP contribution in [0.15, 0.2) is 24.3 Å². The van der Waals surface area contributed by atoms with Crippen LogP contribution in [0.3, 0.4) is 0 Å². The van der Waals surface area contributed by atoms with Crippen LogP contribution in [0, 0.1) is 11.8 Å². The molecular formula is C20H28F3N3O2. The second-order valence-corrected chi connectivity index (χ2v) is 7.55. The number of likely N-dealkylation sites (tertiary alicyclic amines) is 1. The van der Waals surface area contributed by atoms with E-state index in [1.807, 2.05) is 13.8 Å². The molecule has 2 rings (SSSR count). The van der Waals surface area contributed by atoms with Crippen molar-refractivity contribution in [3.63, 3.8) is 0 Å². The highest BCUT2D eigenvalue weighted by Crippen LogP contribution is 2.36. The SMILES string of the molecule is CCNC(=O)N1CC(C(=O)NCCC(C)C)C(c2cccc(C(F)(F)F)c2)C1. The molecule has 1 saturated heterocycles. The van der Waals surface area contributed by atoms with E-state index in [2.05, 4.69) is 10.6 Å². The zero-order chi connectivity index (χ0) is 20.9. The first-order valence-electron chi connectivity index (χ1n) is 9.61. The van der Waals surface area contributed by atoms with E-state index in [0.29, 0.717) is 24.6 Å². The molecule has 1 aromatic rings. The van der Waals surface area contributed by atoms with Gasteiger partial charge in [0.1, 0.15) is 0 Å². The summed E-state index contributed by atoms with van der Waals surface area (Å²) >= 11 is 0. The van der Waals surface area contributed by atoms with Crippen LogP contribution in [0.2, 0.25) is 0 Å². The number of nitrogens with zero attached hydrogens (tertiary/aromatic N) is 1. The normalized spacial score (nSPS) is 19.8. The van der Waals surface area contributed by atoms with Crippen molar-refractivity contribution in [2.75, 3.05) is 26.2 Å². The molecule has 28 heavy (non-hydrogen) atoms. The lowest BCUT2D eigenvalue weighted by Gasteiger charge is -2.19. The van der Waals surface area contributed by atoms with E-state index in [-0.39, 0.29) is 25.0 Å². The first kappa shape index (κ1) is 22.0. The molecule has 1 heterocycles. The number of amides is 3. The quantitative estimate of drug-likeness (QED) is 0.768. The summed E-state index contributed by atoms with van der Waals surface area (Å²) < 4.78 is 39.3. The molecule has 2 atom stereocenters. The van der Waals surface area contributed by atoms with Gasteiger partial charge in [-0.25, -0.2) is 4.79 Å². The van der Waals surface area contributed by atoms with Gasteiger partial charge in [0.15, 0.2) is 0 Å². The zero-order valence-corrected chi connectivity index (χ0v) is 16.5. The van der Waals surface area contributed by atoms with Crippen molar-refractivity contribution >= 4 is 11.9 Å². The van der Waals surface area contributed by atoms with Crippen LogP contribution in [0.4, 0.5) is 18.0 Å². The Bertz CT molecular complexity index is 692. The van der Waals surface area contributed by atoms with E-state index in [1.54, 1.807) is 13.0 Å². The molecule has 1 aliphatic rings. The van der Waals surface area contributed by atoms with Crippen molar-refractivity contribution in [2.24, 2.45) is 11.8 Å². The van der Waals surface area contributed by atoms with Gasteiger partial charge < -0.3 is 15.5 Å². The number of hydrogen-bond donors (Lipinski definition) is 2. The third-order valence-corrected chi connectivity index (χ3v) is 4.93. The Morgan fingerprint density at radius 3 is 2.54 bits per heavy atom. The van der Waals surface area contributed by atoms with E-state index in [0.717, 1.165) is 18.6 Å². The van der Waals surface area contributed by atoms with Crippen LogP contribution in [-0.4, -0.2) is 43.0 Å². The molecule has 0 aromatic heterocycles. The first-order chi connectivity index (χ1) is 13.1. The molecule has 0 radical (unpaired) electrons. The minimum absolute atomic E-state index is 0.181. The molecule has 0 saturated carbocycles. The fourth-order valence-electron chi connectivity index (χ4n) is 3.40. The summed E-state index contributed by atoms with van der Waals surface area (Å²) in [6, 6.07) is 4.73. The van der Waals surface area contributed by atoms with Crippen molar-refractivity contribution in [3.8, 4) is 0 Å². The highest BCUT2D eigenvalue weighted by atomic mass is 19.4. The van der Waals surface area contributed by atoms with E-state index in [9.17, 15) is 22.8 Å². The van der Waals surface area contributed by atoms with Gasteiger partial charge in [0.05, 0.1) is 11.5 Å². The van der Waals surface area contributed by atoms with Crippen molar-refractivity contribution < 1.29 is 22.8 Å². The molecule has 5 nitrogen and oxygen atoms in total. The number of carbonyl (C=O) groups excluding carboxylic acids is 2. The average molecular weight is 399 g/mol. The van der Waals surface area contributed by atoms with Crippen LogP contribution in [0.1, 0.15) is 44.2 Å². The molecule has 0 bridgehead atoms. The fraction of sp³-hybridized carbons (Fsp3) is 0.600. The summed E-state index contributed by atoms with van der Waals surface area (Å²) in [5, 5.41) is 5.56. The lowest BCUT2D eigenvalue weighted by atomic mass is 9.87. The number of benzene rings is 1. The Kier molecular flexibility index (Phi) is 7.32. The van der Waals surface area contributed by atoms with Crippen LogP contribution >= 0.6 is 0 Å². The monoisotopic (exact) mass is 399 g/mol. The standard InChI is InChI=1S/C20H28F3N3O2/c1-4-24-19(28)26-11-16(14-6-5-7-15(10-14)20(21,22)23)17(12-26)18(27)25-9-8-13(2)3/h5-7,10,13,16-17H,4,8-9,11-12H2,1-3H3,(H,24,28)(H,25,27). The van der Waals surface area contributed by atoms with Gasteiger partial charge in [-0.1, -0.05) is 32.0 Å². The average Bonchev–Trinajstić information content (AvgIpc) is 3.06. The predicted molar refractivity (Wildman–Crippen MR) is 101 cm³/mol. The lowest BCUT2D eigenvalue weighted by molar-refractivity contribution is -0.137. The van der Waals surface area contributed by atoms with Crippen LogP contribution < -0.4 is 10.6 Å². The summed E-state index contributed by atoms with van der Waals surface area (Å²) in [5.74, 6) is -0.868. The first-order valence-corrected chi connectivity index (χ1v) is 9.61. The number of halogens is 3. The van der Waals surface area contributed by atoms with E-state index >= 15 is 0 Å². The fourth-order valence-corrected chi connectivity index (χ4v) is 3.40. The molecule has 1 aliphatic heterocycles. The number of nitrogens with one attached hydrogen (secondary N) is 2. The van der Waals surface area contributed by atoms with Gasteiger partial charge in [0.25, 0.3) is 0 Å². The Balaban J connectivity index is 2.24. The highest BCUT2D eigenvalue weighted by Gasteiger charge is 2.41. The third-order valence-electron chi connectivity index (χ3n) is 4.93. The van der Waals surface area contributed by atoms with Gasteiger partial charge in [-0.2, -0.15) is 13.2 Å². The number of carbonyl (C=O) groups is 2. The summed E-state index contributed by atoms with van der Waals surface area (Å²) in [7, 11) is 0. The second kappa shape index (κ2) is 9.30. The molecule has 2 N–H and O–H groups in total. The van der Waals surface area contributed by atoms with Crippen molar-refractivity contribution in [1.29, 1.82) is 0 Å². The van der Waals surface area contributed by atoms with Crippen molar-refractivity contribution in [1.82, 2.24) is 15.5 Å². The predicted octanol–water partition coefficient (Wildman–Crippen LogP) is 3.61. The topological polar surface area (TPSA) is 61.4 Å². The molecule has 3 amide bonds. The summed E-state index contributed by atoms with van der Waals surface area (Å²) in [4.78, 5) is 26.5. The Labute approximate surface area is 163 Å². The molecule has 156 valence electrons. The lowest BCUT2D eigenvalue weighted by Crippen LogP contribution is -2.40. The maximum Gasteiger partial charge on any atom is 0.416 e. The Hall–Kier alpha value is -2.25. The molecule has 1 aromatic carbocycles. The Morgan fingerprint density at radius 2 is 1.93 bits per heavy atom. The van der Waals surface area contributed by atoms with Crippen LogP contribution in [0.25, 0.3) is 0 Å². The van der Waals surface area contributed by atoms with Gasteiger partial charge in [0.2, 0.25) is 5.91 Å².